The highest BCUT2D eigenvalue weighted by molar-refractivity contribution is 5.97. The Morgan fingerprint density at radius 3 is 2.80 bits per heavy atom. The summed E-state index contributed by atoms with van der Waals surface area (Å²) < 4.78 is 4.96. The molecule has 1 aromatic carbocycles. The second kappa shape index (κ2) is 7.51. The monoisotopic (exact) mass is 341 g/mol. The third-order valence-electron chi connectivity index (χ3n) is 4.52. The van der Waals surface area contributed by atoms with Crippen molar-refractivity contribution in [2.75, 3.05) is 11.9 Å². The van der Waals surface area contributed by atoms with Crippen LogP contribution in [0.25, 0.3) is 0 Å². The SMILES string of the molecule is Cc1cc(NC(=O)[C@@H]2CCCN2C(=O)C(C)Cc2ccccc2)no1. The summed E-state index contributed by atoms with van der Waals surface area (Å²) >= 11 is 0. The van der Waals surface area contributed by atoms with E-state index >= 15 is 0 Å². The second-order valence-corrected chi connectivity index (χ2v) is 6.59. The Balaban J connectivity index is 1.63. The fourth-order valence-electron chi connectivity index (χ4n) is 3.28. The molecule has 2 amide bonds. The van der Waals surface area contributed by atoms with Crippen molar-refractivity contribution in [1.82, 2.24) is 10.1 Å². The lowest BCUT2D eigenvalue weighted by atomic mass is 9.99. The van der Waals surface area contributed by atoms with Gasteiger partial charge >= 0.3 is 0 Å². The van der Waals surface area contributed by atoms with Gasteiger partial charge in [-0.3, -0.25) is 9.59 Å². The molecule has 1 aliphatic rings. The number of rotatable bonds is 5. The molecule has 2 atom stereocenters. The average Bonchev–Trinajstić information content (AvgIpc) is 3.24. The molecule has 1 unspecified atom stereocenters. The molecule has 0 bridgehead atoms. The van der Waals surface area contributed by atoms with Gasteiger partial charge in [-0.2, -0.15) is 0 Å². The van der Waals surface area contributed by atoms with E-state index < -0.39 is 6.04 Å². The first kappa shape index (κ1) is 17.2. The molecular formula is C19H23N3O3. The Labute approximate surface area is 147 Å². The molecular weight excluding hydrogens is 318 g/mol. The lowest BCUT2D eigenvalue weighted by Gasteiger charge is -2.26. The summed E-state index contributed by atoms with van der Waals surface area (Å²) in [5.41, 5.74) is 1.13. The number of hydrogen-bond donors (Lipinski definition) is 1. The van der Waals surface area contributed by atoms with Crippen LogP contribution in [-0.4, -0.2) is 34.5 Å². The van der Waals surface area contributed by atoms with Crippen LogP contribution in [0.5, 0.6) is 0 Å². The zero-order valence-electron chi connectivity index (χ0n) is 14.6. The maximum atomic E-state index is 12.8. The fraction of sp³-hybridized carbons (Fsp3) is 0.421. The van der Waals surface area contributed by atoms with Crippen molar-refractivity contribution in [3.05, 3.63) is 47.7 Å². The van der Waals surface area contributed by atoms with Crippen LogP contribution in [0.15, 0.2) is 40.9 Å². The van der Waals surface area contributed by atoms with Crippen molar-refractivity contribution in [2.45, 2.75) is 39.2 Å². The highest BCUT2D eigenvalue weighted by atomic mass is 16.5. The van der Waals surface area contributed by atoms with E-state index in [0.29, 0.717) is 31.0 Å². The van der Waals surface area contributed by atoms with Gasteiger partial charge in [0.25, 0.3) is 0 Å². The number of aromatic nitrogens is 1. The Kier molecular flexibility index (Phi) is 5.16. The third kappa shape index (κ3) is 4.07. The van der Waals surface area contributed by atoms with E-state index in [2.05, 4.69) is 10.5 Å². The molecule has 2 aromatic rings. The highest BCUT2D eigenvalue weighted by Gasteiger charge is 2.36. The molecule has 1 fully saturated rings. The van der Waals surface area contributed by atoms with Crippen LogP contribution in [0.2, 0.25) is 0 Å². The summed E-state index contributed by atoms with van der Waals surface area (Å²) in [5, 5.41) is 6.52. The van der Waals surface area contributed by atoms with Crippen LogP contribution in [0.1, 0.15) is 31.1 Å². The van der Waals surface area contributed by atoms with Crippen molar-refractivity contribution >= 4 is 17.6 Å². The van der Waals surface area contributed by atoms with Crippen LogP contribution in [0.3, 0.4) is 0 Å². The van der Waals surface area contributed by atoms with Crippen LogP contribution in [0, 0.1) is 12.8 Å². The maximum absolute atomic E-state index is 12.8. The van der Waals surface area contributed by atoms with E-state index in [1.807, 2.05) is 37.3 Å². The van der Waals surface area contributed by atoms with Crippen LogP contribution in [-0.2, 0) is 16.0 Å². The standard InChI is InChI=1S/C19H23N3O3/c1-13(11-15-7-4-3-5-8-15)19(24)22-10-6-9-16(22)18(23)20-17-12-14(2)25-21-17/h3-5,7-8,12-13,16H,6,9-11H2,1-2H3,(H,20,21,23)/t13?,16-/m0/s1. The number of likely N-dealkylation sites (tertiary alicyclic amines) is 1. The van der Waals surface area contributed by atoms with Gasteiger partial charge < -0.3 is 14.7 Å². The quantitative estimate of drug-likeness (QED) is 0.907. The van der Waals surface area contributed by atoms with E-state index in [-0.39, 0.29) is 17.7 Å². The Bertz CT molecular complexity index is 741. The third-order valence-corrected chi connectivity index (χ3v) is 4.52. The molecule has 6 nitrogen and oxygen atoms in total. The van der Waals surface area contributed by atoms with E-state index in [1.54, 1.807) is 17.9 Å². The molecule has 1 saturated heterocycles. The number of nitrogens with one attached hydrogen (secondary N) is 1. The van der Waals surface area contributed by atoms with Crippen LogP contribution < -0.4 is 5.32 Å². The summed E-state index contributed by atoms with van der Waals surface area (Å²) in [4.78, 5) is 27.1. The van der Waals surface area contributed by atoms with Gasteiger partial charge in [-0.1, -0.05) is 42.4 Å². The maximum Gasteiger partial charge on any atom is 0.248 e. The summed E-state index contributed by atoms with van der Waals surface area (Å²) in [5.74, 6) is 0.680. The summed E-state index contributed by atoms with van der Waals surface area (Å²) in [6.07, 6.45) is 2.18. The summed E-state index contributed by atoms with van der Waals surface area (Å²) in [6, 6.07) is 11.2. The predicted molar refractivity (Wildman–Crippen MR) is 93.9 cm³/mol. The molecule has 1 N–H and O–H groups in total. The van der Waals surface area contributed by atoms with Crippen molar-refractivity contribution in [3.8, 4) is 0 Å². The molecule has 0 aliphatic carbocycles. The number of carbonyl (C=O) groups excluding carboxylic acids is 2. The first-order valence-electron chi connectivity index (χ1n) is 8.63. The highest BCUT2D eigenvalue weighted by Crippen LogP contribution is 2.23. The number of amides is 2. The minimum absolute atomic E-state index is 0.0258. The van der Waals surface area contributed by atoms with E-state index in [0.717, 1.165) is 12.0 Å². The zero-order valence-corrected chi connectivity index (χ0v) is 14.6. The van der Waals surface area contributed by atoms with Crippen LogP contribution in [0.4, 0.5) is 5.82 Å². The van der Waals surface area contributed by atoms with E-state index in [4.69, 9.17) is 4.52 Å². The first-order valence-corrected chi connectivity index (χ1v) is 8.63. The summed E-state index contributed by atoms with van der Waals surface area (Å²) in [6.45, 7) is 4.30. The molecule has 132 valence electrons. The lowest BCUT2D eigenvalue weighted by Crippen LogP contribution is -2.45. The summed E-state index contributed by atoms with van der Waals surface area (Å²) in [7, 11) is 0. The van der Waals surface area contributed by atoms with E-state index in [9.17, 15) is 9.59 Å². The van der Waals surface area contributed by atoms with Gasteiger partial charge in [-0.25, -0.2) is 0 Å². The average molecular weight is 341 g/mol. The molecule has 25 heavy (non-hydrogen) atoms. The number of nitrogens with zero attached hydrogens (tertiary/aromatic N) is 2. The van der Waals surface area contributed by atoms with Crippen molar-refractivity contribution < 1.29 is 14.1 Å². The van der Waals surface area contributed by atoms with Gasteiger partial charge in [-0.15, -0.1) is 0 Å². The minimum Gasteiger partial charge on any atom is -0.360 e. The number of carbonyl (C=O) groups is 2. The second-order valence-electron chi connectivity index (χ2n) is 6.59. The van der Waals surface area contributed by atoms with Gasteiger partial charge in [0.1, 0.15) is 11.8 Å². The first-order chi connectivity index (χ1) is 12.0. The molecule has 0 spiro atoms. The minimum atomic E-state index is -0.442. The van der Waals surface area contributed by atoms with Gasteiger partial charge in [0, 0.05) is 18.5 Å². The molecule has 2 heterocycles. The van der Waals surface area contributed by atoms with Crippen molar-refractivity contribution in [3.63, 3.8) is 0 Å². The molecule has 3 rings (SSSR count). The molecule has 6 heteroatoms. The Morgan fingerprint density at radius 1 is 1.36 bits per heavy atom. The Hall–Kier alpha value is -2.63. The largest absolute Gasteiger partial charge is 0.360 e. The molecule has 0 saturated carbocycles. The topological polar surface area (TPSA) is 75.4 Å². The smallest absolute Gasteiger partial charge is 0.248 e. The molecule has 1 aromatic heterocycles. The van der Waals surface area contributed by atoms with Crippen molar-refractivity contribution in [1.29, 1.82) is 0 Å². The van der Waals surface area contributed by atoms with Gasteiger partial charge in [0.15, 0.2) is 5.82 Å². The molecule has 1 aliphatic heterocycles. The normalized spacial score (nSPS) is 18.2. The van der Waals surface area contributed by atoms with E-state index in [1.165, 1.54) is 0 Å². The molecule has 0 radical (unpaired) electrons. The van der Waals surface area contributed by atoms with Gasteiger partial charge in [0.05, 0.1) is 0 Å². The van der Waals surface area contributed by atoms with Gasteiger partial charge in [0.2, 0.25) is 11.8 Å². The predicted octanol–water partition coefficient (Wildman–Crippen LogP) is 2.79. The number of hydrogen-bond acceptors (Lipinski definition) is 4. The fourth-order valence-corrected chi connectivity index (χ4v) is 3.28. The van der Waals surface area contributed by atoms with Crippen LogP contribution >= 0.6 is 0 Å². The lowest BCUT2D eigenvalue weighted by molar-refractivity contribution is -0.139. The number of benzene rings is 1. The van der Waals surface area contributed by atoms with Gasteiger partial charge in [-0.05, 0) is 31.7 Å². The number of aryl methyl sites for hydroxylation is 1. The zero-order chi connectivity index (χ0) is 17.8. The number of anilines is 1. The Morgan fingerprint density at radius 2 is 2.12 bits per heavy atom. The van der Waals surface area contributed by atoms with Crippen molar-refractivity contribution in [2.24, 2.45) is 5.92 Å².